The Morgan fingerprint density at radius 3 is 2.37 bits per heavy atom. The molecule has 0 bridgehead atoms. The van der Waals surface area contributed by atoms with E-state index >= 15 is 0 Å². The van der Waals surface area contributed by atoms with Crippen molar-refractivity contribution in [2.45, 2.75) is 5.92 Å². The van der Waals surface area contributed by atoms with Crippen LogP contribution >= 0.6 is 0 Å². The smallest absolute Gasteiger partial charge is 0.330 e. The Kier molecular flexibility index (Phi) is 4.88. The van der Waals surface area contributed by atoms with Gasteiger partial charge in [0.25, 0.3) is 11.1 Å². The number of benzene rings is 1. The molecule has 0 spiro atoms. The minimum Gasteiger partial charge on any atom is -0.494 e. The number of aromatic nitrogens is 4. The zero-order valence-corrected chi connectivity index (χ0v) is 16.3. The van der Waals surface area contributed by atoms with E-state index in [9.17, 15) is 24.3 Å². The van der Waals surface area contributed by atoms with Crippen LogP contribution in [0, 0.1) is 0 Å². The monoisotopic (exact) mass is 417 g/mol. The molecule has 0 aliphatic carbocycles. The molecule has 0 saturated carbocycles. The van der Waals surface area contributed by atoms with E-state index in [2.05, 4.69) is 9.97 Å². The van der Waals surface area contributed by atoms with Crippen LogP contribution in [0.25, 0.3) is 0 Å². The summed E-state index contributed by atoms with van der Waals surface area (Å²) in [4.78, 5) is 54.1. The number of fused-ring (bicyclic) bond motifs is 2. The first kappa shape index (κ1) is 20.7. The van der Waals surface area contributed by atoms with E-state index in [1.807, 2.05) is 0 Å². The SMILES string of the molecule is COc1cccc2c1Oc1[nH]c(=O)n(C)c(=O)c1C2c1c(O)n(C)c(=O)[nH]c1=O.N. The van der Waals surface area contributed by atoms with Crippen molar-refractivity contribution >= 4 is 0 Å². The summed E-state index contributed by atoms with van der Waals surface area (Å²) in [5.74, 6) is -1.45. The van der Waals surface area contributed by atoms with Gasteiger partial charge in [0.2, 0.25) is 11.8 Å². The van der Waals surface area contributed by atoms with Crippen LogP contribution in [0.4, 0.5) is 0 Å². The molecule has 12 nitrogen and oxygen atoms in total. The molecule has 1 aromatic carbocycles. The molecule has 0 amide bonds. The summed E-state index contributed by atoms with van der Waals surface area (Å²) in [7, 11) is 3.95. The quantitative estimate of drug-likeness (QED) is 0.340. The summed E-state index contributed by atoms with van der Waals surface area (Å²) in [5, 5.41) is 10.6. The highest BCUT2D eigenvalue weighted by molar-refractivity contribution is 5.61. The molecule has 1 atom stereocenters. The third-order valence-corrected chi connectivity index (χ3v) is 4.95. The van der Waals surface area contributed by atoms with Gasteiger partial charge < -0.3 is 20.7 Å². The Morgan fingerprint density at radius 2 is 1.70 bits per heavy atom. The van der Waals surface area contributed by atoms with E-state index < -0.39 is 34.3 Å². The van der Waals surface area contributed by atoms with E-state index in [0.717, 1.165) is 9.13 Å². The maximum absolute atomic E-state index is 12.9. The van der Waals surface area contributed by atoms with Crippen molar-refractivity contribution in [2.75, 3.05) is 7.11 Å². The number of rotatable bonds is 2. The van der Waals surface area contributed by atoms with Gasteiger partial charge in [0.15, 0.2) is 11.5 Å². The van der Waals surface area contributed by atoms with Gasteiger partial charge in [-0.05, 0) is 6.07 Å². The predicted molar refractivity (Wildman–Crippen MR) is 105 cm³/mol. The zero-order chi connectivity index (χ0) is 21.0. The van der Waals surface area contributed by atoms with Gasteiger partial charge in [-0.1, -0.05) is 12.1 Å². The Bertz CT molecular complexity index is 1390. The fourth-order valence-electron chi connectivity index (χ4n) is 3.43. The maximum Gasteiger partial charge on any atom is 0.330 e. The van der Waals surface area contributed by atoms with Gasteiger partial charge in [-0.25, -0.2) is 9.59 Å². The molecule has 1 aliphatic heterocycles. The van der Waals surface area contributed by atoms with Crippen LogP contribution in [0.3, 0.4) is 0 Å². The topological polar surface area (TPSA) is 183 Å². The standard InChI is InChI=1S/C18H16N4O7.H3N/c1-21-15(24)10(13(23)19-17(21)26)9-7-5-4-6-8(28-3)12(7)29-14-11(9)16(25)22(2)18(27)20-14;/h4-6,9,24H,1-3H3,(H,20,27)(H,19,23,26);1H3. The summed E-state index contributed by atoms with van der Waals surface area (Å²) in [6, 6.07) is 4.83. The third kappa shape index (κ3) is 2.73. The molecule has 2 aromatic heterocycles. The summed E-state index contributed by atoms with van der Waals surface area (Å²) >= 11 is 0. The number of ether oxygens (including phenoxy) is 2. The van der Waals surface area contributed by atoms with Crippen molar-refractivity contribution in [3.63, 3.8) is 0 Å². The molecule has 4 rings (SSSR count). The molecule has 30 heavy (non-hydrogen) atoms. The number of para-hydroxylation sites is 1. The summed E-state index contributed by atoms with van der Waals surface area (Å²) in [6.45, 7) is 0. The van der Waals surface area contributed by atoms with Gasteiger partial charge in [0.05, 0.1) is 24.2 Å². The minimum atomic E-state index is -1.13. The van der Waals surface area contributed by atoms with Crippen LogP contribution in [0.2, 0.25) is 0 Å². The molecule has 1 unspecified atom stereocenters. The lowest BCUT2D eigenvalue weighted by Crippen LogP contribution is -2.39. The van der Waals surface area contributed by atoms with Crippen LogP contribution in [0.1, 0.15) is 22.6 Å². The van der Waals surface area contributed by atoms with E-state index in [0.29, 0.717) is 11.3 Å². The van der Waals surface area contributed by atoms with Gasteiger partial charge >= 0.3 is 11.4 Å². The highest BCUT2D eigenvalue weighted by Gasteiger charge is 2.38. The molecule has 158 valence electrons. The number of aromatic hydroxyl groups is 1. The first-order valence-electron chi connectivity index (χ1n) is 8.46. The van der Waals surface area contributed by atoms with Crippen molar-refractivity contribution < 1.29 is 14.6 Å². The van der Waals surface area contributed by atoms with Crippen LogP contribution in [-0.2, 0) is 14.1 Å². The number of methoxy groups -OCH3 is 1. The van der Waals surface area contributed by atoms with Crippen LogP contribution in [-0.4, -0.2) is 31.3 Å². The highest BCUT2D eigenvalue weighted by atomic mass is 16.5. The van der Waals surface area contributed by atoms with Crippen molar-refractivity contribution in [1.29, 1.82) is 0 Å². The Morgan fingerprint density at radius 1 is 1.03 bits per heavy atom. The first-order chi connectivity index (χ1) is 13.8. The fourth-order valence-corrected chi connectivity index (χ4v) is 3.43. The minimum absolute atomic E-state index is 0. The molecular formula is C18H19N5O7. The molecule has 6 N–H and O–H groups in total. The fraction of sp³-hybridized carbons (Fsp3) is 0.222. The number of nitrogens with one attached hydrogen (secondary N) is 2. The molecule has 0 fully saturated rings. The Balaban J connectivity index is 0.00000256. The molecule has 1 aliphatic rings. The van der Waals surface area contributed by atoms with E-state index in [-0.39, 0.29) is 28.9 Å². The summed E-state index contributed by atoms with van der Waals surface area (Å²) in [6.07, 6.45) is 0. The lowest BCUT2D eigenvalue weighted by atomic mass is 9.84. The van der Waals surface area contributed by atoms with Crippen molar-refractivity contribution in [2.24, 2.45) is 14.1 Å². The maximum atomic E-state index is 12.9. The third-order valence-electron chi connectivity index (χ3n) is 4.95. The van der Waals surface area contributed by atoms with E-state index in [1.165, 1.54) is 21.2 Å². The highest BCUT2D eigenvalue weighted by Crippen LogP contribution is 2.48. The Hall–Kier alpha value is -4.06. The normalized spacial score (nSPS) is 14.2. The van der Waals surface area contributed by atoms with Gasteiger partial charge in [0.1, 0.15) is 0 Å². The van der Waals surface area contributed by atoms with E-state index in [4.69, 9.17) is 9.47 Å². The number of aromatic amines is 2. The van der Waals surface area contributed by atoms with E-state index in [1.54, 1.807) is 18.2 Å². The van der Waals surface area contributed by atoms with Crippen molar-refractivity contribution in [1.82, 2.24) is 25.3 Å². The second-order valence-electron chi connectivity index (χ2n) is 6.51. The molecular weight excluding hydrogens is 398 g/mol. The van der Waals surface area contributed by atoms with Crippen molar-refractivity contribution in [3.8, 4) is 23.3 Å². The average Bonchev–Trinajstić information content (AvgIpc) is 2.69. The lowest BCUT2D eigenvalue weighted by molar-refractivity contribution is 0.357. The van der Waals surface area contributed by atoms with Gasteiger partial charge in [-0.2, -0.15) is 0 Å². The predicted octanol–water partition coefficient (Wildman–Crippen LogP) is -0.377. The van der Waals surface area contributed by atoms with Crippen LogP contribution in [0.5, 0.6) is 23.3 Å². The molecule has 12 heteroatoms. The molecule has 0 radical (unpaired) electrons. The molecule has 0 saturated heterocycles. The van der Waals surface area contributed by atoms with Gasteiger partial charge in [-0.15, -0.1) is 0 Å². The molecule has 3 heterocycles. The largest absolute Gasteiger partial charge is 0.494 e. The second-order valence-corrected chi connectivity index (χ2v) is 6.51. The first-order valence-corrected chi connectivity index (χ1v) is 8.46. The number of nitrogens with zero attached hydrogens (tertiary/aromatic N) is 2. The summed E-state index contributed by atoms with van der Waals surface area (Å²) < 4.78 is 12.7. The summed E-state index contributed by atoms with van der Waals surface area (Å²) in [5.41, 5.74) is -3.07. The Labute approximate surface area is 167 Å². The average molecular weight is 417 g/mol. The molecule has 3 aromatic rings. The number of H-pyrrole nitrogens is 2. The second kappa shape index (κ2) is 7.08. The lowest BCUT2D eigenvalue weighted by Gasteiger charge is -2.28. The number of hydrogen-bond donors (Lipinski definition) is 4. The van der Waals surface area contributed by atoms with Crippen LogP contribution in [0.15, 0.2) is 37.4 Å². The number of hydrogen-bond acceptors (Lipinski definition) is 8. The van der Waals surface area contributed by atoms with Gasteiger partial charge in [0, 0.05) is 19.7 Å². The van der Waals surface area contributed by atoms with Crippen molar-refractivity contribution in [3.05, 3.63) is 76.6 Å². The zero-order valence-electron chi connectivity index (χ0n) is 16.3. The van der Waals surface area contributed by atoms with Crippen LogP contribution < -0.4 is 38.1 Å². The van der Waals surface area contributed by atoms with Gasteiger partial charge in [-0.3, -0.25) is 28.7 Å².